The molecule has 0 bridgehead atoms. The zero-order valence-corrected chi connectivity index (χ0v) is 11.6. The number of aryl methyl sites for hydroxylation is 1. The van der Waals surface area contributed by atoms with Crippen LogP contribution in [0.25, 0.3) is 0 Å². The van der Waals surface area contributed by atoms with Gasteiger partial charge in [-0.1, -0.05) is 0 Å². The highest BCUT2D eigenvalue weighted by Gasteiger charge is 2.02. The number of hydrogen-bond acceptors (Lipinski definition) is 6. The summed E-state index contributed by atoms with van der Waals surface area (Å²) in [4.78, 5) is 19.7. The van der Waals surface area contributed by atoms with Gasteiger partial charge < -0.3 is 20.7 Å². The van der Waals surface area contributed by atoms with Gasteiger partial charge in [0.05, 0.1) is 0 Å². The van der Waals surface area contributed by atoms with E-state index < -0.39 is 0 Å². The fourth-order valence-corrected chi connectivity index (χ4v) is 1.48. The maximum atomic E-state index is 11.1. The molecule has 1 rings (SSSR count). The molecule has 0 atom stereocenters. The number of nitrogens with one attached hydrogen (secondary N) is 3. The maximum absolute atomic E-state index is 11.1. The van der Waals surface area contributed by atoms with E-state index in [0.29, 0.717) is 19.0 Å². The second-order valence-electron chi connectivity index (χ2n) is 3.96. The van der Waals surface area contributed by atoms with Gasteiger partial charge in [0.15, 0.2) is 0 Å². The summed E-state index contributed by atoms with van der Waals surface area (Å²) in [6.07, 6.45) is 0. The predicted molar refractivity (Wildman–Crippen MR) is 74.3 cm³/mol. The zero-order valence-electron chi connectivity index (χ0n) is 11.6. The van der Waals surface area contributed by atoms with Crippen LogP contribution in [-0.2, 0) is 9.53 Å². The molecule has 7 nitrogen and oxygen atoms in total. The lowest BCUT2D eigenvalue weighted by atomic mass is 10.4. The molecule has 1 amide bonds. The molecule has 19 heavy (non-hydrogen) atoms. The van der Waals surface area contributed by atoms with Crippen molar-refractivity contribution in [2.75, 3.05) is 44.0 Å². The molecule has 106 valence electrons. The molecule has 0 radical (unpaired) electrons. The van der Waals surface area contributed by atoms with Gasteiger partial charge in [-0.15, -0.1) is 0 Å². The highest BCUT2D eigenvalue weighted by atomic mass is 16.5. The lowest BCUT2D eigenvalue weighted by molar-refractivity contribution is -0.124. The van der Waals surface area contributed by atoms with Gasteiger partial charge in [-0.2, -0.15) is 4.98 Å². The van der Waals surface area contributed by atoms with Gasteiger partial charge in [0.25, 0.3) is 0 Å². The van der Waals surface area contributed by atoms with Gasteiger partial charge in [0.1, 0.15) is 12.4 Å². The van der Waals surface area contributed by atoms with Crippen LogP contribution in [0.5, 0.6) is 0 Å². The first-order valence-corrected chi connectivity index (χ1v) is 6.24. The molecule has 0 fully saturated rings. The van der Waals surface area contributed by atoms with Gasteiger partial charge in [-0.3, -0.25) is 4.79 Å². The van der Waals surface area contributed by atoms with E-state index >= 15 is 0 Å². The molecule has 0 saturated heterocycles. The van der Waals surface area contributed by atoms with Crippen molar-refractivity contribution in [1.29, 1.82) is 0 Å². The van der Waals surface area contributed by atoms with Crippen LogP contribution in [0.3, 0.4) is 0 Å². The van der Waals surface area contributed by atoms with Crippen molar-refractivity contribution < 1.29 is 9.53 Å². The van der Waals surface area contributed by atoms with E-state index in [0.717, 1.165) is 18.1 Å². The topological polar surface area (TPSA) is 88.2 Å². The van der Waals surface area contributed by atoms with Crippen LogP contribution >= 0.6 is 0 Å². The first-order chi connectivity index (χ1) is 9.15. The van der Waals surface area contributed by atoms with Crippen LogP contribution in [0, 0.1) is 6.92 Å². The molecule has 0 aromatic carbocycles. The lowest BCUT2D eigenvalue weighted by Gasteiger charge is -2.09. The number of ether oxygens (including phenoxy) is 1. The Hall–Kier alpha value is -1.89. The van der Waals surface area contributed by atoms with Crippen molar-refractivity contribution in [3.05, 3.63) is 11.8 Å². The van der Waals surface area contributed by atoms with Crippen molar-refractivity contribution >= 4 is 17.7 Å². The van der Waals surface area contributed by atoms with E-state index in [4.69, 9.17) is 4.74 Å². The Balaban J connectivity index is 2.38. The summed E-state index contributed by atoms with van der Waals surface area (Å²) in [5.74, 6) is 1.21. The number of rotatable bonds is 8. The molecule has 0 aliphatic rings. The van der Waals surface area contributed by atoms with Crippen LogP contribution in [0.2, 0.25) is 0 Å². The van der Waals surface area contributed by atoms with Gasteiger partial charge >= 0.3 is 0 Å². The number of carbonyl (C=O) groups excluding carboxylic acids is 1. The SMILES string of the molecule is CCNc1cc(C)nc(NCCNC(=O)COC)n1. The zero-order chi connectivity index (χ0) is 14.1. The first-order valence-electron chi connectivity index (χ1n) is 6.24. The fraction of sp³-hybridized carbons (Fsp3) is 0.583. The van der Waals surface area contributed by atoms with Crippen LogP contribution in [0.4, 0.5) is 11.8 Å². The Bertz CT molecular complexity index is 411. The van der Waals surface area contributed by atoms with Crippen molar-refractivity contribution in [3.8, 4) is 0 Å². The minimum Gasteiger partial charge on any atom is -0.375 e. The van der Waals surface area contributed by atoms with Crippen LogP contribution < -0.4 is 16.0 Å². The highest BCUT2D eigenvalue weighted by Crippen LogP contribution is 2.08. The minimum absolute atomic E-state index is 0.0749. The van der Waals surface area contributed by atoms with Crippen LogP contribution in [0.1, 0.15) is 12.6 Å². The van der Waals surface area contributed by atoms with Gasteiger partial charge in [-0.05, 0) is 13.8 Å². The highest BCUT2D eigenvalue weighted by molar-refractivity contribution is 5.77. The molecule has 1 heterocycles. The second kappa shape index (κ2) is 8.25. The number of amides is 1. The maximum Gasteiger partial charge on any atom is 0.246 e. The number of anilines is 2. The molecular formula is C12H21N5O2. The molecule has 1 aromatic heterocycles. The molecule has 0 spiro atoms. The summed E-state index contributed by atoms with van der Waals surface area (Å²) in [6, 6.07) is 1.88. The Morgan fingerprint density at radius 2 is 2.11 bits per heavy atom. The average molecular weight is 267 g/mol. The lowest BCUT2D eigenvalue weighted by Crippen LogP contribution is -2.31. The van der Waals surface area contributed by atoms with E-state index in [-0.39, 0.29) is 12.5 Å². The second-order valence-corrected chi connectivity index (χ2v) is 3.96. The summed E-state index contributed by atoms with van der Waals surface area (Å²) in [7, 11) is 1.49. The normalized spacial score (nSPS) is 10.1. The van der Waals surface area contributed by atoms with Crippen molar-refractivity contribution in [3.63, 3.8) is 0 Å². The summed E-state index contributed by atoms with van der Waals surface area (Å²) >= 11 is 0. The van der Waals surface area contributed by atoms with Gasteiger partial charge in [0.2, 0.25) is 11.9 Å². The summed E-state index contributed by atoms with van der Waals surface area (Å²) in [6.45, 7) is 5.86. The van der Waals surface area contributed by atoms with E-state index in [1.54, 1.807) is 0 Å². The number of hydrogen-bond donors (Lipinski definition) is 3. The van der Waals surface area contributed by atoms with Crippen molar-refractivity contribution in [2.24, 2.45) is 0 Å². The molecular weight excluding hydrogens is 246 g/mol. The van der Waals surface area contributed by atoms with Gasteiger partial charge in [0, 0.05) is 38.5 Å². The first kappa shape index (κ1) is 15.2. The Morgan fingerprint density at radius 3 is 2.79 bits per heavy atom. The quantitative estimate of drug-likeness (QED) is 0.591. The molecule has 7 heteroatoms. The van der Waals surface area contributed by atoms with Crippen molar-refractivity contribution in [2.45, 2.75) is 13.8 Å². The third kappa shape index (κ3) is 6.01. The monoisotopic (exact) mass is 267 g/mol. The van der Waals surface area contributed by atoms with E-state index in [9.17, 15) is 4.79 Å². The summed E-state index contributed by atoms with van der Waals surface area (Å²) in [5, 5.41) is 8.91. The van der Waals surface area contributed by atoms with Crippen LogP contribution in [0.15, 0.2) is 6.07 Å². The molecule has 0 saturated carbocycles. The Morgan fingerprint density at radius 1 is 1.32 bits per heavy atom. The van der Waals surface area contributed by atoms with E-state index in [2.05, 4.69) is 25.9 Å². The minimum atomic E-state index is -0.136. The molecule has 0 aliphatic heterocycles. The molecule has 0 unspecified atom stereocenters. The fourth-order valence-electron chi connectivity index (χ4n) is 1.48. The third-order valence-electron chi connectivity index (χ3n) is 2.22. The Kier molecular flexibility index (Phi) is 6.59. The van der Waals surface area contributed by atoms with Crippen molar-refractivity contribution in [1.82, 2.24) is 15.3 Å². The standard InChI is InChI=1S/C12H21N5O2/c1-4-13-10-7-9(2)16-12(17-10)15-6-5-14-11(18)8-19-3/h7H,4-6,8H2,1-3H3,(H,14,18)(H2,13,15,16,17). The number of aromatic nitrogens is 2. The number of methoxy groups -OCH3 is 1. The van der Waals surface area contributed by atoms with Gasteiger partial charge in [-0.25, -0.2) is 4.98 Å². The molecule has 3 N–H and O–H groups in total. The number of nitrogens with zero attached hydrogens (tertiary/aromatic N) is 2. The summed E-state index contributed by atoms with van der Waals surface area (Å²) in [5.41, 5.74) is 0.886. The van der Waals surface area contributed by atoms with E-state index in [1.807, 2.05) is 19.9 Å². The number of carbonyl (C=O) groups is 1. The van der Waals surface area contributed by atoms with E-state index in [1.165, 1.54) is 7.11 Å². The summed E-state index contributed by atoms with van der Waals surface area (Å²) < 4.78 is 4.71. The predicted octanol–water partition coefficient (Wildman–Crippen LogP) is 0.391. The molecule has 0 aliphatic carbocycles. The largest absolute Gasteiger partial charge is 0.375 e. The Labute approximate surface area is 113 Å². The van der Waals surface area contributed by atoms with Crippen LogP contribution in [-0.4, -0.2) is 49.2 Å². The average Bonchev–Trinajstić information content (AvgIpc) is 2.35. The molecule has 1 aromatic rings. The smallest absolute Gasteiger partial charge is 0.246 e. The third-order valence-corrected chi connectivity index (χ3v) is 2.22.